The number of carbonyl (C=O) groups is 1. The predicted molar refractivity (Wildman–Crippen MR) is 89.2 cm³/mol. The Morgan fingerprint density at radius 1 is 1.29 bits per heavy atom. The van der Waals surface area contributed by atoms with Crippen LogP contribution in [0.1, 0.15) is 31.2 Å². The Hall–Kier alpha value is -1.46. The predicted octanol–water partition coefficient (Wildman–Crippen LogP) is 2.26. The van der Waals surface area contributed by atoms with Gasteiger partial charge in [-0.25, -0.2) is 0 Å². The molecule has 5 nitrogen and oxygen atoms in total. The van der Waals surface area contributed by atoms with Crippen molar-refractivity contribution in [2.45, 2.75) is 38.4 Å². The van der Waals surface area contributed by atoms with Gasteiger partial charge in [0.15, 0.2) is 0 Å². The standard InChI is InChI=1S/C19H26N2O3/c22-19(9-14-1-2-14)21-10-17-16(13-24-18(17)11-21)5-8-23-12-15-3-6-20-7-4-15/h3-4,6-7,14,16-18H,1-2,5,8-13H2/t16-,17-,18-/m0/s1. The lowest BCUT2D eigenvalue weighted by Gasteiger charge is -2.20. The third-order valence-corrected chi connectivity index (χ3v) is 5.60. The van der Waals surface area contributed by atoms with Crippen LogP contribution in [0.2, 0.25) is 0 Å². The monoisotopic (exact) mass is 330 g/mol. The van der Waals surface area contributed by atoms with Crippen LogP contribution in [0.3, 0.4) is 0 Å². The van der Waals surface area contributed by atoms with E-state index < -0.39 is 0 Å². The highest BCUT2D eigenvalue weighted by Crippen LogP contribution is 2.38. The van der Waals surface area contributed by atoms with Crippen molar-refractivity contribution in [1.29, 1.82) is 0 Å². The highest BCUT2D eigenvalue weighted by atomic mass is 16.5. The molecular weight excluding hydrogens is 304 g/mol. The number of rotatable bonds is 7. The maximum Gasteiger partial charge on any atom is 0.222 e. The number of amides is 1. The fraction of sp³-hybridized carbons (Fsp3) is 0.684. The third-order valence-electron chi connectivity index (χ3n) is 5.60. The molecule has 24 heavy (non-hydrogen) atoms. The normalized spacial score (nSPS) is 29.0. The van der Waals surface area contributed by atoms with E-state index >= 15 is 0 Å². The van der Waals surface area contributed by atoms with Gasteiger partial charge in [-0.1, -0.05) is 0 Å². The van der Waals surface area contributed by atoms with Crippen molar-refractivity contribution in [3.63, 3.8) is 0 Å². The van der Waals surface area contributed by atoms with Crippen LogP contribution in [0, 0.1) is 17.8 Å². The Kier molecular flexibility index (Phi) is 4.81. The van der Waals surface area contributed by atoms with Crippen LogP contribution >= 0.6 is 0 Å². The van der Waals surface area contributed by atoms with Gasteiger partial charge >= 0.3 is 0 Å². The average molecular weight is 330 g/mol. The maximum absolute atomic E-state index is 12.3. The minimum absolute atomic E-state index is 0.248. The van der Waals surface area contributed by atoms with Crippen LogP contribution in [0.25, 0.3) is 0 Å². The molecule has 2 aliphatic heterocycles. The van der Waals surface area contributed by atoms with Crippen molar-refractivity contribution in [3.8, 4) is 0 Å². The molecule has 0 bridgehead atoms. The number of hydrogen-bond acceptors (Lipinski definition) is 4. The van der Waals surface area contributed by atoms with Crippen molar-refractivity contribution in [3.05, 3.63) is 30.1 Å². The van der Waals surface area contributed by atoms with Crippen molar-refractivity contribution >= 4 is 5.91 Å². The third kappa shape index (κ3) is 3.78. The molecule has 3 atom stereocenters. The minimum atomic E-state index is 0.248. The lowest BCUT2D eigenvalue weighted by molar-refractivity contribution is -0.131. The summed E-state index contributed by atoms with van der Waals surface area (Å²) in [5.74, 6) is 2.02. The Balaban J connectivity index is 1.20. The number of carbonyl (C=O) groups excluding carboxylic acids is 1. The molecule has 130 valence electrons. The van der Waals surface area contributed by atoms with Gasteiger partial charge in [-0.2, -0.15) is 0 Å². The zero-order valence-electron chi connectivity index (χ0n) is 14.1. The van der Waals surface area contributed by atoms with Crippen LogP contribution in [-0.2, 0) is 20.9 Å². The van der Waals surface area contributed by atoms with Crippen molar-refractivity contribution in [1.82, 2.24) is 9.88 Å². The lowest BCUT2D eigenvalue weighted by atomic mass is 9.91. The van der Waals surface area contributed by atoms with Crippen LogP contribution in [-0.4, -0.2) is 48.2 Å². The SMILES string of the molecule is O=C(CC1CC1)N1C[C@H]2[C@@H](CCOCc3ccncc3)CO[C@H]2C1. The van der Waals surface area contributed by atoms with E-state index in [1.165, 1.54) is 12.8 Å². The summed E-state index contributed by atoms with van der Waals surface area (Å²) < 4.78 is 11.7. The molecule has 1 aliphatic carbocycles. The summed E-state index contributed by atoms with van der Waals surface area (Å²) in [4.78, 5) is 18.3. The van der Waals surface area contributed by atoms with E-state index in [2.05, 4.69) is 4.98 Å². The molecule has 0 unspecified atom stereocenters. The Labute approximate surface area is 143 Å². The second-order valence-corrected chi connectivity index (χ2v) is 7.44. The van der Waals surface area contributed by atoms with Crippen LogP contribution in [0.5, 0.6) is 0 Å². The molecule has 4 rings (SSSR count). The molecule has 0 radical (unpaired) electrons. The number of hydrogen-bond donors (Lipinski definition) is 0. The molecular formula is C19H26N2O3. The molecule has 5 heteroatoms. The zero-order valence-corrected chi connectivity index (χ0v) is 14.1. The van der Waals surface area contributed by atoms with Crippen LogP contribution in [0.4, 0.5) is 0 Å². The number of fused-ring (bicyclic) bond motifs is 1. The molecule has 1 amide bonds. The summed E-state index contributed by atoms with van der Waals surface area (Å²) in [7, 11) is 0. The van der Waals surface area contributed by atoms with E-state index in [1.807, 2.05) is 17.0 Å². The van der Waals surface area contributed by atoms with Gasteiger partial charge in [-0.05, 0) is 48.8 Å². The van der Waals surface area contributed by atoms with Crippen LogP contribution < -0.4 is 0 Å². The summed E-state index contributed by atoms with van der Waals surface area (Å²) in [6.45, 7) is 3.88. The number of nitrogens with zero attached hydrogens (tertiary/aromatic N) is 2. The molecule has 3 fully saturated rings. The van der Waals surface area contributed by atoms with E-state index in [1.54, 1.807) is 12.4 Å². The van der Waals surface area contributed by atoms with Gasteiger partial charge in [0, 0.05) is 44.4 Å². The number of ether oxygens (including phenoxy) is 2. The second-order valence-electron chi connectivity index (χ2n) is 7.44. The summed E-state index contributed by atoms with van der Waals surface area (Å²) in [6.07, 6.45) is 8.06. The summed E-state index contributed by atoms with van der Waals surface area (Å²) >= 11 is 0. The van der Waals surface area contributed by atoms with E-state index in [0.29, 0.717) is 30.3 Å². The number of aromatic nitrogens is 1. The highest BCUT2D eigenvalue weighted by Gasteiger charge is 2.45. The minimum Gasteiger partial charge on any atom is -0.377 e. The van der Waals surface area contributed by atoms with E-state index in [-0.39, 0.29) is 6.10 Å². The van der Waals surface area contributed by atoms with Crippen molar-refractivity contribution in [2.75, 3.05) is 26.3 Å². The van der Waals surface area contributed by atoms with E-state index in [0.717, 1.165) is 44.7 Å². The maximum atomic E-state index is 12.3. The Bertz CT molecular complexity index is 561. The molecule has 3 heterocycles. The summed E-state index contributed by atoms with van der Waals surface area (Å²) in [5, 5.41) is 0. The van der Waals surface area contributed by atoms with Crippen molar-refractivity contribution in [2.24, 2.45) is 17.8 Å². The van der Waals surface area contributed by atoms with Gasteiger partial charge in [0.2, 0.25) is 5.91 Å². The molecule has 1 aromatic heterocycles. The average Bonchev–Trinajstić information content (AvgIpc) is 3.18. The van der Waals surface area contributed by atoms with Crippen LogP contribution in [0.15, 0.2) is 24.5 Å². The Morgan fingerprint density at radius 3 is 2.92 bits per heavy atom. The topological polar surface area (TPSA) is 51.7 Å². The lowest BCUT2D eigenvalue weighted by Crippen LogP contribution is -2.31. The highest BCUT2D eigenvalue weighted by molar-refractivity contribution is 5.77. The first-order valence-electron chi connectivity index (χ1n) is 9.15. The van der Waals surface area contributed by atoms with E-state index in [9.17, 15) is 4.79 Å². The quantitative estimate of drug-likeness (QED) is 0.720. The van der Waals surface area contributed by atoms with Gasteiger partial charge in [0.1, 0.15) is 0 Å². The van der Waals surface area contributed by atoms with Gasteiger partial charge in [0.25, 0.3) is 0 Å². The Morgan fingerprint density at radius 2 is 2.12 bits per heavy atom. The van der Waals surface area contributed by atoms with E-state index in [4.69, 9.17) is 9.47 Å². The molecule has 3 aliphatic rings. The smallest absolute Gasteiger partial charge is 0.222 e. The number of likely N-dealkylation sites (tertiary alicyclic amines) is 1. The first kappa shape index (κ1) is 16.0. The largest absolute Gasteiger partial charge is 0.377 e. The first-order valence-corrected chi connectivity index (χ1v) is 9.15. The summed E-state index contributed by atoms with van der Waals surface area (Å²) in [5.41, 5.74) is 1.16. The van der Waals surface area contributed by atoms with Gasteiger partial charge in [-0.15, -0.1) is 0 Å². The zero-order chi connectivity index (χ0) is 16.4. The van der Waals surface area contributed by atoms with Gasteiger partial charge < -0.3 is 14.4 Å². The molecule has 1 saturated carbocycles. The molecule has 1 aromatic rings. The second kappa shape index (κ2) is 7.19. The fourth-order valence-electron chi connectivity index (χ4n) is 3.90. The fourth-order valence-corrected chi connectivity index (χ4v) is 3.90. The van der Waals surface area contributed by atoms with Gasteiger partial charge in [-0.3, -0.25) is 9.78 Å². The molecule has 0 N–H and O–H groups in total. The van der Waals surface area contributed by atoms with Crippen molar-refractivity contribution < 1.29 is 14.3 Å². The first-order chi connectivity index (χ1) is 11.8. The molecule has 0 aromatic carbocycles. The molecule has 2 saturated heterocycles. The number of pyridine rings is 1. The molecule has 0 spiro atoms. The summed E-state index contributed by atoms with van der Waals surface area (Å²) in [6, 6.07) is 3.96. The van der Waals surface area contributed by atoms with Gasteiger partial charge in [0.05, 0.1) is 19.3 Å².